The number of likely N-dealkylation sites (N-methyl/N-ethyl adjacent to an activating group) is 1. The van der Waals surface area contributed by atoms with Crippen LogP contribution < -0.4 is 5.32 Å². The van der Waals surface area contributed by atoms with Gasteiger partial charge in [-0.25, -0.2) is 0 Å². The van der Waals surface area contributed by atoms with E-state index in [2.05, 4.69) is 24.1 Å². The minimum absolute atomic E-state index is 0.0581. The highest BCUT2D eigenvalue weighted by molar-refractivity contribution is 4.85. The molecule has 3 nitrogen and oxygen atoms in total. The molecule has 1 rings (SSSR count). The SMILES string of the molecule is CCCN(CCCC(CC)(CO)NC)CC1CC1. The highest BCUT2D eigenvalue weighted by atomic mass is 16.3. The van der Waals surface area contributed by atoms with E-state index in [0.29, 0.717) is 0 Å². The predicted octanol–water partition coefficient (Wildman–Crippen LogP) is 2.25. The molecule has 0 aromatic heterocycles. The van der Waals surface area contributed by atoms with E-state index in [1.165, 1.54) is 45.3 Å². The third kappa shape index (κ3) is 5.25. The monoisotopic (exact) mass is 256 g/mol. The first-order chi connectivity index (χ1) is 8.69. The Labute approximate surface area is 113 Å². The van der Waals surface area contributed by atoms with Crippen molar-refractivity contribution in [2.24, 2.45) is 5.92 Å². The van der Waals surface area contributed by atoms with Crippen LogP contribution in [-0.2, 0) is 0 Å². The van der Waals surface area contributed by atoms with Crippen LogP contribution >= 0.6 is 0 Å². The number of nitrogens with one attached hydrogen (secondary N) is 1. The summed E-state index contributed by atoms with van der Waals surface area (Å²) >= 11 is 0. The molecule has 108 valence electrons. The first-order valence-corrected chi connectivity index (χ1v) is 7.71. The second kappa shape index (κ2) is 8.13. The van der Waals surface area contributed by atoms with Crippen LogP contribution in [0.3, 0.4) is 0 Å². The van der Waals surface area contributed by atoms with Crippen LogP contribution in [0.15, 0.2) is 0 Å². The molecule has 0 aliphatic heterocycles. The van der Waals surface area contributed by atoms with Crippen LogP contribution in [0.5, 0.6) is 0 Å². The Kier molecular flexibility index (Phi) is 7.20. The Hall–Kier alpha value is -0.120. The summed E-state index contributed by atoms with van der Waals surface area (Å²) in [4.78, 5) is 2.62. The van der Waals surface area contributed by atoms with Gasteiger partial charge in [0, 0.05) is 12.1 Å². The lowest BCUT2D eigenvalue weighted by atomic mass is 9.91. The van der Waals surface area contributed by atoms with Crippen molar-refractivity contribution >= 4 is 0 Å². The van der Waals surface area contributed by atoms with Gasteiger partial charge >= 0.3 is 0 Å². The van der Waals surface area contributed by atoms with Crippen molar-refractivity contribution in [3.8, 4) is 0 Å². The molecule has 3 heteroatoms. The van der Waals surface area contributed by atoms with Crippen LogP contribution in [0.4, 0.5) is 0 Å². The minimum Gasteiger partial charge on any atom is -0.394 e. The predicted molar refractivity (Wildman–Crippen MR) is 77.9 cm³/mol. The number of aliphatic hydroxyl groups excluding tert-OH is 1. The first kappa shape index (κ1) is 15.9. The molecule has 1 saturated carbocycles. The molecule has 18 heavy (non-hydrogen) atoms. The van der Waals surface area contributed by atoms with Gasteiger partial charge in [-0.05, 0) is 64.6 Å². The molecule has 0 amide bonds. The third-order valence-corrected chi connectivity index (χ3v) is 4.39. The maximum atomic E-state index is 9.52. The molecule has 0 spiro atoms. The van der Waals surface area contributed by atoms with Gasteiger partial charge in [0.15, 0.2) is 0 Å². The summed E-state index contributed by atoms with van der Waals surface area (Å²) in [5.41, 5.74) is -0.0581. The van der Waals surface area contributed by atoms with Gasteiger partial charge in [0.2, 0.25) is 0 Å². The zero-order valence-corrected chi connectivity index (χ0v) is 12.5. The highest BCUT2D eigenvalue weighted by Crippen LogP contribution is 2.30. The van der Waals surface area contributed by atoms with Gasteiger partial charge in [0.1, 0.15) is 0 Å². The molecule has 1 aliphatic rings. The van der Waals surface area contributed by atoms with Crippen LogP contribution in [0.2, 0.25) is 0 Å². The normalized spacial score (nSPS) is 19.2. The van der Waals surface area contributed by atoms with E-state index in [9.17, 15) is 5.11 Å². The summed E-state index contributed by atoms with van der Waals surface area (Å²) in [6, 6.07) is 0. The lowest BCUT2D eigenvalue weighted by Gasteiger charge is -2.31. The molecule has 0 radical (unpaired) electrons. The number of rotatable bonds is 11. The molecule has 1 fully saturated rings. The third-order valence-electron chi connectivity index (χ3n) is 4.39. The number of aliphatic hydroxyl groups is 1. The van der Waals surface area contributed by atoms with Gasteiger partial charge in [-0.3, -0.25) is 0 Å². The summed E-state index contributed by atoms with van der Waals surface area (Å²) in [7, 11) is 1.97. The number of hydrogen-bond acceptors (Lipinski definition) is 3. The molecule has 0 aromatic rings. The van der Waals surface area contributed by atoms with E-state index in [0.717, 1.165) is 18.8 Å². The van der Waals surface area contributed by atoms with Crippen LogP contribution in [0.1, 0.15) is 52.4 Å². The smallest absolute Gasteiger partial charge is 0.0613 e. The van der Waals surface area contributed by atoms with Crippen LogP contribution in [0.25, 0.3) is 0 Å². The molecule has 1 unspecified atom stereocenters. The standard InChI is InChI=1S/C15H32N2O/c1-4-10-17(12-14-7-8-14)11-6-9-15(5-2,13-18)16-3/h14,16,18H,4-13H2,1-3H3. The quantitative estimate of drug-likeness (QED) is 0.595. The van der Waals surface area contributed by atoms with Crippen molar-refractivity contribution in [2.75, 3.05) is 33.3 Å². The van der Waals surface area contributed by atoms with Gasteiger partial charge in [-0.1, -0.05) is 13.8 Å². The fraction of sp³-hybridized carbons (Fsp3) is 1.00. The van der Waals surface area contributed by atoms with E-state index < -0.39 is 0 Å². The van der Waals surface area contributed by atoms with Crippen molar-refractivity contribution in [1.29, 1.82) is 0 Å². The van der Waals surface area contributed by atoms with Crippen LogP contribution in [0, 0.1) is 5.92 Å². The maximum Gasteiger partial charge on any atom is 0.0613 e. The van der Waals surface area contributed by atoms with E-state index in [4.69, 9.17) is 0 Å². The molecule has 0 heterocycles. The lowest BCUT2D eigenvalue weighted by molar-refractivity contribution is 0.145. The van der Waals surface area contributed by atoms with Crippen molar-refractivity contribution in [3.05, 3.63) is 0 Å². The molecule has 0 saturated heterocycles. The van der Waals surface area contributed by atoms with Crippen molar-refractivity contribution in [2.45, 2.75) is 57.9 Å². The molecular weight excluding hydrogens is 224 g/mol. The van der Waals surface area contributed by atoms with Gasteiger partial charge in [-0.2, -0.15) is 0 Å². The molecule has 1 aliphatic carbocycles. The van der Waals surface area contributed by atoms with Crippen molar-refractivity contribution < 1.29 is 5.11 Å². The minimum atomic E-state index is -0.0581. The maximum absolute atomic E-state index is 9.52. The van der Waals surface area contributed by atoms with E-state index in [1.807, 2.05) is 7.05 Å². The Balaban J connectivity index is 2.27. The Bertz CT molecular complexity index is 204. The van der Waals surface area contributed by atoms with E-state index >= 15 is 0 Å². The molecule has 0 bridgehead atoms. The zero-order valence-electron chi connectivity index (χ0n) is 12.5. The topological polar surface area (TPSA) is 35.5 Å². The van der Waals surface area contributed by atoms with E-state index in [1.54, 1.807) is 0 Å². The first-order valence-electron chi connectivity index (χ1n) is 7.71. The van der Waals surface area contributed by atoms with Gasteiger partial charge in [0.05, 0.1) is 6.61 Å². The molecular formula is C15H32N2O. The second-order valence-corrected chi connectivity index (χ2v) is 5.89. The molecule has 0 aromatic carbocycles. The highest BCUT2D eigenvalue weighted by Gasteiger charge is 2.26. The molecule has 2 N–H and O–H groups in total. The zero-order chi connectivity index (χ0) is 13.4. The summed E-state index contributed by atoms with van der Waals surface area (Å²) < 4.78 is 0. The lowest BCUT2D eigenvalue weighted by Crippen LogP contribution is -2.46. The van der Waals surface area contributed by atoms with Gasteiger partial charge in [0.25, 0.3) is 0 Å². The Morgan fingerprint density at radius 2 is 2.00 bits per heavy atom. The van der Waals surface area contributed by atoms with Crippen molar-refractivity contribution in [1.82, 2.24) is 10.2 Å². The average molecular weight is 256 g/mol. The van der Waals surface area contributed by atoms with E-state index in [-0.39, 0.29) is 12.1 Å². The summed E-state index contributed by atoms with van der Waals surface area (Å²) in [6.07, 6.45) is 7.37. The summed E-state index contributed by atoms with van der Waals surface area (Å²) in [5.74, 6) is 0.981. The van der Waals surface area contributed by atoms with Crippen LogP contribution in [-0.4, -0.2) is 48.8 Å². The fourth-order valence-electron chi connectivity index (χ4n) is 2.67. The largest absolute Gasteiger partial charge is 0.394 e. The van der Waals surface area contributed by atoms with Gasteiger partial charge in [-0.15, -0.1) is 0 Å². The number of nitrogens with zero attached hydrogens (tertiary/aromatic N) is 1. The Morgan fingerprint density at radius 1 is 1.28 bits per heavy atom. The van der Waals surface area contributed by atoms with Crippen molar-refractivity contribution in [3.63, 3.8) is 0 Å². The second-order valence-electron chi connectivity index (χ2n) is 5.89. The average Bonchev–Trinajstić information content (AvgIpc) is 3.19. The fourth-order valence-corrected chi connectivity index (χ4v) is 2.67. The Morgan fingerprint density at radius 3 is 2.44 bits per heavy atom. The molecule has 1 atom stereocenters. The summed E-state index contributed by atoms with van der Waals surface area (Å²) in [6.45, 7) is 8.38. The van der Waals surface area contributed by atoms with Gasteiger partial charge < -0.3 is 15.3 Å². The number of hydrogen-bond donors (Lipinski definition) is 2. The summed E-state index contributed by atoms with van der Waals surface area (Å²) in [5, 5.41) is 12.8.